The van der Waals surface area contributed by atoms with Gasteiger partial charge in [-0.3, -0.25) is 0 Å². The Kier molecular flexibility index (Phi) is 4.81. The maximum Gasteiger partial charge on any atom is 0.387 e. The SMILES string of the molecule is COc1ccc(CNc2ccc(OC(F)F)cc2)c(O)c1. The van der Waals surface area contributed by atoms with Crippen molar-refractivity contribution < 1.29 is 23.4 Å². The van der Waals surface area contributed by atoms with E-state index in [4.69, 9.17) is 4.74 Å². The second-order valence-corrected chi connectivity index (χ2v) is 4.25. The van der Waals surface area contributed by atoms with E-state index in [-0.39, 0.29) is 11.5 Å². The molecule has 0 radical (unpaired) electrons. The van der Waals surface area contributed by atoms with E-state index < -0.39 is 6.61 Å². The predicted molar refractivity (Wildman–Crippen MR) is 75.1 cm³/mol. The van der Waals surface area contributed by atoms with Crippen molar-refractivity contribution >= 4 is 5.69 Å². The van der Waals surface area contributed by atoms with Gasteiger partial charge in [-0.05, 0) is 36.4 Å². The van der Waals surface area contributed by atoms with Crippen LogP contribution >= 0.6 is 0 Å². The summed E-state index contributed by atoms with van der Waals surface area (Å²) < 4.78 is 33.3. The van der Waals surface area contributed by atoms with Gasteiger partial charge in [0.25, 0.3) is 0 Å². The Labute approximate surface area is 120 Å². The Morgan fingerprint density at radius 1 is 1.10 bits per heavy atom. The monoisotopic (exact) mass is 295 g/mol. The Morgan fingerprint density at radius 2 is 1.76 bits per heavy atom. The summed E-state index contributed by atoms with van der Waals surface area (Å²) in [5.74, 6) is 0.798. The molecule has 0 saturated carbocycles. The van der Waals surface area contributed by atoms with E-state index >= 15 is 0 Å². The van der Waals surface area contributed by atoms with Crippen LogP contribution in [0.1, 0.15) is 5.56 Å². The minimum Gasteiger partial charge on any atom is -0.507 e. The number of phenolic OH excluding ortho intramolecular Hbond substituents is 1. The van der Waals surface area contributed by atoms with Crippen LogP contribution in [0.3, 0.4) is 0 Å². The molecule has 2 aromatic carbocycles. The van der Waals surface area contributed by atoms with Crippen molar-refractivity contribution in [3.8, 4) is 17.2 Å². The third-order valence-corrected chi connectivity index (χ3v) is 2.85. The van der Waals surface area contributed by atoms with Crippen LogP contribution in [0, 0.1) is 0 Å². The van der Waals surface area contributed by atoms with Crippen LogP contribution in [0.15, 0.2) is 42.5 Å². The number of hydrogen-bond donors (Lipinski definition) is 2. The summed E-state index contributed by atoms with van der Waals surface area (Å²) in [5, 5.41) is 12.9. The molecular formula is C15H15F2NO3. The molecule has 2 rings (SSSR count). The molecule has 0 aliphatic rings. The van der Waals surface area contributed by atoms with Gasteiger partial charge in [-0.1, -0.05) is 0 Å². The molecule has 112 valence electrons. The Balaban J connectivity index is 1.96. The van der Waals surface area contributed by atoms with Crippen LogP contribution in [0.5, 0.6) is 17.2 Å². The molecule has 2 N–H and O–H groups in total. The van der Waals surface area contributed by atoms with E-state index in [9.17, 15) is 13.9 Å². The standard InChI is InChI=1S/C15H15F2NO3/c1-20-13-5-2-10(14(19)8-13)9-18-11-3-6-12(7-4-11)21-15(16)17/h2-8,15,18-19H,9H2,1H3. The fourth-order valence-corrected chi connectivity index (χ4v) is 1.77. The molecule has 0 aliphatic carbocycles. The zero-order valence-corrected chi connectivity index (χ0v) is 11.3. The molecule has 0 aromatic heterocycles. The first kappa shape index (κ1) is 14.9. The van der Waals surface area contributed by atoms with E-state index in [0.29, 0.717) is 17.9 Å². The highest BCUT2D eigenvalue weighted by atomic mass is 19.3. The molecule has 0 spiro atoms. The maximum absolute atomic E-state index is 12.0. The zero-order valence-electron chi connectivity index (χ0n) is 11.3. The molecule has 2 aromatic rings. The first-order valence-electron chi connectivity index (χ1n) is 6.23. The van der Waals surface area contributed by atoms with Gasteiger partial charge in [0, 0.05) is 23.9 Å². The van der Waals surface area contributed by atoms with E-state index in [2.05, 4.69) is 10.1 Å². The van der Waals surface area contributed by atoms with Crippen LogP contribution in [0.2, 0.25) is 0 Å². The third-order valence-electron chi connectivity index (χ3n) is 2.85. The molecule has 0 amide bonds. The van der Waals surface area contributed by atoms with Crippen LogP contribution in [-0.4, -0.2) is 18.8 Å². The van der Waals surface area contributed by atoms with E-state index in [1.807, 2.05) is 0 Å². The quantitative estimate of drug-likeness (QED) is 0.854. The van der Waals surface area contributed by atoms with Gasteiger partial charge in [-0.15, -0.1) is 0 Å². The highest BCUT2D eigenvalue weighted by molar-refractivity contribution is 5.48. The molecule has 0 saturated heterocycles. The number of anilines is 1. The molecule has 0 fully saturated rings. The van der Waals surface area contributed by atoms with Crippen molar-refractivity contribution in [2.75, 3.05) is 12.4 Å². The van der Waals surface area contributed by atoms with Crippen LogP contribution in [0.25, 0.3) is 0 Å². The van der Waals surface area contributed by atoms with Crippen LogP contribution < -0.4 is 14.8 Å². The van der Waals surface area contributed by atoms with Gasteiger partial charge in [0.05, 0.1) is 7.11 Å². The molecule has 0 aliphatic heterocycles. The summed E-state index contributed by atoms with van der Waals surface area (Å²) >= 11 is 0. The van der Waals surface area contributed by atoms with Crippen LogP contribution in [-0.2, 0) is 6.54 Å². The Morgan fingerprint density at radius 3 is 2.33 bits per heavy atom. The zero-order chi connectivity index (χ0) is 15.2. The van der Waals surface area contributed by atoms with Gasteiger partial charge < -0.3 is 19.9 Å². The highest BCUT2D eigenvalue weighted by Gasteiger charge is 2.05. The fourth-order valence-electron chi connectivity index (χ4n) is 1.77. The van der Waals surface area contributed by atoms with Crippen molar-refractivity contribution in [1.29, 1.82) is 0 Å². The fraction of sp³-hybridized carbons (Fsp3) is 0.200. The van der Waals surface area contributed by atoms with Crippen molar-refractivity contribution in [3.05, 3.63) is 48.0 Å². The first-order valence-corrected chi connectivity index (χ1v) is 6.23. The van der Waals surface area contributed by atoms with E-state index in [0.717, 1.165) is 5.69 Å². The number of aromatic hydroxyl groups is 1. The first-order chi connectivity index (χ1) is 10.1. The summed E-state index contributed by atoms with van der Waals surface area (Å²) in [5.41, 5.74) is 1.43. The highest BCUT2D eigenvalue weighted by Crippen LogP contribution is 2.24. The summed E-state index contributed by atoms with van der Waals surface area (Å²) in [6, 6.07) is 11.2. The average molecular weight is 295 g/mol. The maximum atomic E-state index is 12.0. The number of halogens is 2. The molecule has 0 atom stereocenters. The molecule has 4 nitrogen and oxygen atoms in total. The second-order valence-electron chi connectivity index (χ2n) is 4.25. The molecule has 0 bridgehead atoms. The van der Waals surface area contributed by atoms with Gasteiger partial charge in [0.1, 0.15) is 17.2 Å². The lowest BCUT2D eigenvalue weighted by Gasteiger charge is -2.10. The van der Waals surface area contributed by atoms with Gasteiger partial charge in [0.2, 0.25) is 0 Å². The Bertz CT molecular complexity index is 588. The topological polar surface area (TPSA) is 50.7 Å². The van der Waals surface area contributed by atoms with Gasteiger partial charge >= 0.3 is 6.61 Å². The summed E-state index contributed by atoms with van der Waals surface area (Å²) in [4.78, 5) is 0. The van der Waals surface area contributed by atoms with E-state index in [1.165, 1.54) is 25.3 Å². The minimum absolute atomic E-state index is 0.0999. The second kappa shape index (κ2) is 6.78. The minimum atomic E-state index is -2.83. The Hall–Kier alpha value is -2.50. The van der Waals surface area contributed by atoms with Crippen molar-refractivity contribution in [2.45, 2.75) is 13.2 Å². The number of hydrogen-bond acceptors (Lipinski definition) is 4. The van der Waals surface area contributed by atoms with Crippen molar-refractivity contribution in [1.82, 2.24) is 0 Å². The van der Waals surface area contributed by atoms with E-state index in [1.54, 1.807) is 24.3 Å². The largest absolute Gasteiger partial charge is 0.507 e. The molecular weight excluding hydrogens is 280 g/mol. The third kappa shape index (κ3) is 4.24. The number of ether oxygens (including phenoxy) is 2. The summed E-state index contributed by atoms with van der Waals surface area (Å²) in [7, 11) is 1.52. The van der Waals surface area contributed by atoms with Crippen molar-refractivity contribution in [2.24, 2.45) is 0 Å². The number of alkyl halides is 2. The number of rotatable bonds is 6. The number of benzene rings is 2. The van der Waals surface area contributed by atoms with Crippen molar-refractivity contribution in [3.63, 3.8) is 0 Å². The number of phenols is 1. The number of methoxy groups -OCH3 is 1. The van der Waals surface area contributed by atoms with Gasteiger partial charge in [-0.2, -0.15) is 8.78 Å². The molecule has 0 heterocycles. The molecule has 21 heavy (non-hydrogen) atoms. The number of nitrogens with one attached hydrogen (secondary N) is 1. The molecule has 6 heteroatoms. The average Bonchev–Trinajstić information content (AvgIpc) is 2.47. The van der Waals surface area contributed by atoms with Gasteiger partial charge in [-0.25, -0.2) is 0 Å². The van der Waals surface area contributed by atoms with Gasteiger partial charge in [0.15, 0.2) is 0 Å². The lowest BCUT2D eigenvalue weighted by Crippen LogP contribution is -2.02. The summed E-state index contributed by atoms with van der Waals surface area (Å²) in [6.45, 7) is -2.44. The molecule has 0 unspecified atom stereocenters. The lowest BCUT2D eigenvalue weighted by molar-refractivity contribution is -0.0498. The smallest absolute Gasteiger partial charge is 0.387 e. The normalized spacial score (nSPS) is 10.5. The predicted octanol–water partition coefficient (Wildman–Crippen LogP) is 3.61. The van der Waals surface area contributed by atoms with Crippen LogP contribution in [0.4, 0.5) is 14.5 Å². The summed E-state index contributed by atoms with van der Waals surface area (Å²) in [6.07, 6.45) is 0. The lowest BCUT2D eigenvalue weighted by atomic mass is 10.2.